The highest BCUT2D eigenvalue weighted by atomic mass is 32.2. The van der Waals surface area contributed by atoms with Crippen molar-refractivity contribution in [3.05, 3.63) is 59.9 Å². The number of hydrogen-bond acceptors (Lipinski definition) is 5. The number of amides is 2. The first-order valence-corrected chi connectivity index (χ1v) is 12.1. The Morgan fingerprint density at radius 1 is 1.12 bits per heavy atom. The molecule has 0 heterocycles. The Labute approximate surface area is 188 Å². The van der Waals surface area contributed by atoms with E-state index in [1.54, 1.807) is 19.2 Å². The van der Waals surface area contributed by atoms with E-state index in [4.69, 9.17) is 4.74 Å². The number of rotatable bonds is 10. The van der Waals surface area contributed by atoms with Crippen molar-refractivity contribution in [2.45, 2.75) is 31.2 Å². The first-order chi connectivity index (χ1) is 15.0. The normalized spacial score (nSPS) is 12.3. The quantitative estimate of drug-likeness (QED) is 0.546. The van der Waals surface area contributed by atoms with E-state index < -0.39 is 27.6 Å². The summed E-state index contributed by atoms with van der Waals surface area (Å²) in [5.41, 5.74) is 0.275. The van der Waals surface area contributed by atoms with Crippen LogP contribution in [-0.4, -0.2) is 57.6 Å². The number of carbonyl (C=O) groups excluding carboxylic acids is 2. The first kappa shape index (κ1) is 25.3. The summed E-state index contributed by atoms with van der Waals surface area (Å²) in [6.45, 7) is 4.35. The van der Waals surface area contributed by atoms with Gasteiger partial charge in [-0.15, -0.1) is 0 Å². The molecule has 0 spiro atoms. The molecule has 32 heavy (non-hydrogen) atoms. The maximum Gasteiger partial charge on any atom is 0.251 e. The van der Waals surface area contributed by atoms with Crippen LogP contribution >= 0.6 is 0 Å². The zero-order valence-electron chi connectivity index (χ0n) is 18.7. The maximum atomic E-state index is 13.1. The van der Waals surface area contributed by atoms with Crippen molar-refractivity contribution in [2.24, 2.45) is 5.92 Å². The molecule has 0 aromatic heterocycles. The SMILES string of the molecule is CC(C)C(NC(=O)c1ccc(F)cc1)C(=O)N(C)CCCOc1cccc(S(C)(=O)=O)c1. The van der Waals surface area contributed by atoms with Crippen LogP contribution in [0.1, 0.15) is 30.6 Å². The van der Waals surface area contributed by atoms with E-state index in [-0.39, 0.29) is 22.3 Å². The van der Waals surface area contributed by atoms with Gasteiger partial charge in [0.05, 0.1) is 11.5 Å². The molecule has 2 amide bonds. The summed E-state index contributed by atoms with van der Waals surface area (Å²) < 4.78 is 41.9. The van der Waals surface area contributed by atoms with E-state index in [0.29, 0.717) is 25.3 Å². The molecule has 0 radical (unpaired) electrons. The largest absolute Gasteiger partial charge is 0.493 e. The molecule has 1 atom stereocenters. The predicted molar refractivity (Wildman–Crippen MR) is 120 cm³/mol. The molecule has 0 aliphatic heterocycles. The molecule has 0 aliphatic carbocycles. The highest BCUT2D eigenvalue weighted by Crippen LogP contribution is 2.17. The van der Waals surface area contributed by atoms with Crippen LogP contribution in [0.5, 0.6) is 5.75 Å². The van der Waals surface area contributed by atoms with Gasteiger partial charge in [0.2, 0.25) is 5.91 Å². The predicted octanol–water partition coefficient (Wildman–Crippen LogP) is 2.91. The molecule has 2 aromatic rings. The second kappa shape index (κ2) is 11.1. The molecule has 0 bridgehead atoms. The van der Waals surface area contributed by atoms with Crippen LogP contribution < -0.4 is 10.1 Å². The Hall–Kier alpha value is -2.94. The van der Waals surface area contributed by atoms with Crippen molar-refractivity contribution in [1.82, 2.24) is 10.2 Å². The van der Waals surface area contributed by atoms with Gasteiger partial charge in [-0.2, -0.15) is 0 Å². The Morgan fingerprint density at radius 3 is 2.38 bits per heavy atom. The van der Waals surface area contributed by atoms with Crippen molar-refractivity contribution in [2.75, 3.05) is 26.5 Å². The lowest BCUT2D eigenvalue weighted by Gasteiger charge is -2.27. The Bertz CT molecular complexity index is 1040. The smallest absolute Gasteiger partial charge is 0.251 e. The number of nitrogens with one attached hydrogen (secondary N) is 1. The lowest BCUT2D eigenvalue weighted by atomic mass is 10.0. The van der Waals surface area contributed by atoms with Crippen molar-refractivity contribution >= 4 is 21.7 Å². The molecule has 2 aromatic carbocycles. The molecular formula is C23H29FN2O5S. The molecule has 1 unspecified atom stereocenters. The fourth-order valence-corrected chi connectivity index (χ4v) is 3.63. The van der Waals surface area contributed by atoms with Crippen LogP contribution in [0.3, 0.4) is 0 Å². The maximum absolute atomic E-state index is 13.1. The average molecular weight is 465 g/mol. The number of hydrogen-bond donors (Lipinski definition) is 1. The van der Waals surface area contributed by atoms with Crippen LogP contribution in [0, 0.1) is 11.7 Å². The first-order valence-electron chi connectivity index (χ1n) is 10.2. The third-order valence-corrected chi connectivity index (χ3v) is 5.95. The number of carbonyl (C=O) groups is 2. The van der Waals surface area contributed by atoms with Gasteiger partial charge in [-0.1, -0.05) is 19.9 Å². The summed E-state index contributed by atoms with van der Waals surface area (Å²) in [5.74, 6) is -0.838. The van der Waals surface area contributed by atoms with E-state index in [1.807, 2.05) is 13.8 Å². The summed E-state index contributed by atoms with van der Waals surface area (Å²) in [6.07, 6.45) is 1.65. The van der Waals surface area contributed by atoms with Gasteiger partial charge in [-0.25, -0.2) is 12.8 Å². The van der Waals surface area contributed by atoms with Crippen LogP contribution in [0.15, 0.2) is 53.4 Å². The fourth-order valence-electron chi connectivity index (χ4n) is 2.97. The van der Waals surface area contributed by atoms with Gasteiger partial charge in [-0.3, -0.25) is 9.59 Å². The van der Waals surface area contributed by atoms with Gasteiger partial charge >= 0.3 is 0 Å². The van der Waals surface area contributed by atoms with Crippen molar-refractivity contribution in [1.29, 1.82) is 0 Å². The molecule has 7 nitrogen and oxygen atoms in total. The molecule has 0 fully saturated rings. The number of halogens is 1. The van der Waals surface area contributed by atoms with Crippen molar-refractivity contribution < 1.29 is 27.1 Å². The van der Waals surface area contributed by atoms with E-state index >= 15 is 0 Å². The second-order valence-corrected chi connectivity index (χ2v) is 9.93. The van der Waals surface area contributed by atoms with E-state index in [1.165, 1.54) is 41.3 Å². The lowest BCUT2D eigenvalue weighted by Crippen LogP contribution is -2.50. The van der Waals surface area contributed by atoms with Crippen molar-refractivity contribution in [3.63, 3.8) is 0 Å². The molecule has 9 heteroatoms. The van der Waals surface area contributed by atoms with Gasteiger partial charge in [0, 0.05) is 25.4 Å². The summed E-state index contributed by atoms with van der Waals surface area (Å²) >= 11 is 0. The van der Waals surface area contributed by atoms with Gasteiger partial charge in [0.1, 0.15) is 17.6 Å². The van der Waals surface area contributed by atoms with Gasteiger partial charge in [-0.05, 0) is 54.8 Å². The number of ether oxygens (including phenoxy) is 1. The standard InChI is InChI=1S/C23H29FN2O5S/c1-16(2)21(25-22(27)17-9-11-18(24)12-10-17)23(28)26(3)13-6-14-31-19-7-5-8-20(15-19)32(4,29)30/h5,7-12,15-16,21H,6,13-14H2,1-4H3,(H,25,27). The fraction of sp³-hybridized carbons (Fsp3) is 0.391. The highest BCUT2D eigenvalue weighted by molar-refractivity contribution is 7.90. The minimum Gasteiger partial charge on any atom is -0.493 e. The van der Waals surface area contributed by atoms with Crippen LogP contribution in [0.4, 0.5) is 4.39 Å². The van der Waals surface area contributed by atoms with Gasteiger partial charge in [0.15, 0.2) is 9.84 Å². The minimum atomic E-state index is -3.32. The molecule has 174 valence electrons. The van der Waals surface area contributed by atoms with Gasteiger partial charge in [0.25, 0.3) is 5.91 Å². The lowest BCUT2D eigenvalue weighted by molar-refractivity contribution is -0.133. The van der Waals surface area contributed by atoms with Crippen LogP contribution in [-0.2, 0) is 14.6 Å². The Morgan fingerprint density at radius 2 is 1.78 bits per heavy atom. The monoisotopic (exact) mass is 464 g/mol. The number of likely N-dealkylation sites (N-methyl/N-ethyl adjacent to an activating group) is 1. The Kier molecular flexibility index (Phi) is 8.77. The number of nitrogens with zero attached hydrogens (tertiary/aromatic N) is 1. The summed E-state index contributed by atoms with van der Waals surface area (Å²) in [7, 11) is -1.67. The molecule has 2 rings (SSSR count). The zero-order valence-corrected chi connectivity index (χ0v) is 19.5. The van der Waals surface area contributed by atoms with Crippen LogP contribution in [0.25, 0.3) is 0 Å². The number of sulfone groups is 1. The molecule has 0 saturated carbocycles. The van der Waals surface area contributed by atoms with Crippen LogP contribution in [0.2, 0.25) is 0 Å². The van der Waals surface area contributed by atoms with E-state index in [0.717, 1.165) is 6.26 Å². The van der Waals surface area contributed by atoms with Crippen molar-refractivity contribution in [3.8, 4) is 5.75 Å². The minimum absolute atomic E-state index is 0.149. The Balaban J connectivity index is 1.89. The van der Waals surface area contributed by atoms with E-state index in [9.17, 15) is 22.4 Å². The average Bonchev–Trinajstić information content (AvgIpc) is 2.74. The van der Waals surface area contributed by atoms with Gasteiger partial charge < -0.3 is 15.0 Å². The number of benzene rings is 2. The molecular weight excluding hydrogens is 435 g/mol. The summed E-state index contributed by atoms with van der Waals surface area (Å²) in [6, 6.07) is 10.6. The molecule has 0 saturated heterocycles. The molecule has 0 aliphatic rings. The third kappa shape index (κ3) is 7.33. The summed E-state index contributed by atoms with van der Waals surface area (Å²) in [4.78, 5) is 27.0. The highest BCUT2D eigenvalue weighted by Gasteiger charge is 2.27. The molecule has 1 N–H and O–H groups in total. The zero-order chi connectivity index (χ0) is 23.9. The second-order valence-electron chi connectivity index (χ2n) is 7.91. The summed E-state index contributed by atoms with van der Waals surface area (Å²) in [5, 5.41) is 2.73. The topological polar surface area (TPSA) is 92.8 Å². The van der Waals surface area contributed by atoms with E-state index in [2.05, 4.69) is 5.32 Å². The third-order valence-electron chi connectivity index (χ3n) is 4.84.